The van der Waals surface area contributed by atoms with E-state index < -0.39 is 41.4 Å². The van der Waals surface area contributed by atoms with E-state index in [9.17, 15) is 29.1 Å². The number of nitrogens with two attached hydrogens (primary N) is 1. The topological polar surface area (TPSA) is 186 Å². The van der Waals surface area contributed by atoms with E-state index in [0.717, 1.165) is 6.42 Å². The minimum atomic E-state index is -1.20. The van der Waals surface area contributed by atoms with Gasteiger partial charge in [-0.2, -0.15) is 5.10 Å². The van der Waals surface area contributed by atoms with Crippen molar-refractivity contribution in [2.45, 2.75) is 50.7 Å². The zero-order chi connectivity index (χ0) is 29.6. The molecule has 2 heterocycles. The molecule has 0 spiro atoms. The predicted molar refractivity (Wildman–Crippen MR) is 143 cm³/mol. The zero-order valence-corrected chi connectivity index (χ0v) is 22.8. The van der Waals surface area contributed by atoms with E-state index >= 15 is 0 Å². The molecule has 1 saturated heterocycles. The Hall–Kier alpha value is -4.62. The Morgan fingerprint density at radius 1 is 1.07 bits per heavy atom. The highest BCUT2D eigenvalue weighted by molar-refractivity contribution is 5.96. The van der Waals surface area contributed by atoms with Crippen molar-refractivity contribution in [2.75, 3.05) is 32.8 Å². The van der Waals surface area contributed by atoms with Crippen LogP contribution in [0.1, 0.15) is 49.5 Å². The Morgan fingerprint density at radius 3 is 2.29 bits per heavy atom. The number of para-hydroxylation sites is 1. The lowest BCUT2D eigenvalue weighted by molar-refractivity contribution is -0.141. The van der Waals surface area contributed by atoms with E-state index in [-0.39, 0.29) is 57.2 Å². The van der Waals surface area contributed by atoms with Gasteiger partial charge in [0.05, 0.1) is 12.3 Å². The van der Waals surface area contributed by atoms with E-state index in [4.69, 9.17) is 15.2 Å². The molecule has 1 saturated carbocycles. The lowest BCUT2D eigenvalue weighted by Gasteiger charge is -2.38. The van der Waals surface area contributed by atoms with Gasteiger partial charge in [0.1, 0.15) is 6.04 Å². The molecule has 0 radical (unpaired) electrons. The van der Waals surface area contributed by atoms with Crippen LogP contribution >= 0.6 is 0 Å². The third-order valence-corrected chi connectivity index (χ3v) is 7.19. The molecule has 1 aliphatic carbocycles. The third kappa shape index (κ3) is 6.76. The van der Waals surface area contributed by atoms with Crippen molar-refractivity contribution in [3.63, 3.8) is 0 Å². The molecule has 220 valence electrons. The van der Waals surface area contributed by atoms with E-state index in [1.54, 1.807) is 31.2 Å². The maximum absolute atomic E-state index is 13.4. The number of rotatable bonds is 11. The zero-order valence-electron chi connectivity index (χ0n) is 22.8. The van der Waals surface area contributed by atoms with Crippen LogP contribution in [0.3, 0.4) is 0 Å². The first-order valence-electron chi connectivity index (χ1n) is 13.5. The maximum atomic E-state index is 13.4. The van der Waals surface area contributed by atoms with Crippen molar-refractivity contribution in [1.82, 2.24) is 24.9 Å². The summed E-state index contributed by atoms with van der Waals surface area (Å²) in [7, 11) is 0. The monoisotopic (exact) mass is 570 g/mol. The molecule has 1 aromatic heterocycles. The molecule has 2 aromatic rings. The fraction of sp³-hybridized carbons (Fsp3) is 0.481. The summed E-state index contributed by atoms with van der Waals surface area (Å²) in [4.78, 5) is 65.1. The highest BCUT2D eigenvalue weighted by atomic mass is 16.6. The lowest BCUT2D eigenvalue weighted by atomic mass is 9.79. The number of aromatic nitrogens is 2. The number of carboxylic acid groups (broad SMARTS) is 1. The summed E-state index contributed by atoms with van der Waals surface area (Å²) in [6, 6.07) is 9.06. The largest absolute Gasteiger partial charge is 0.481 e. The van der Waals surface area contributed by atoms with Gasteiger partial charge in [-0.3, -0.25) is 19.2 Å². The van der Waals surface area contributed by atoms with Crippen molar-refractivity contribution in [1.29, 1.82) is 0 Å². The summed E-state index contributed by atoms with van der Waals surface area (Å²) in [6.07, 6.45) is 0.649. The van der Waals surface area contributed by atoms with Crippen LogP contribution in [-0.4, -0.2) is 98.9 Å². The molecule has 14 nitrogen and oxygen atoms in total. The Morgan fingerprint density at radius 2 is 1.73 bits per heavy atom. The fourth-order valence-electron chi connectivity index (χ4n) is 4.70. The van der Waals surface area contributed by atoms with Gasteiger partial charge < -0.3 is 35.4 Å². The molecule has 41 heavy (non-hydrogen) atoms. The van der Waals surface area contributed by atoms with Crippen molar-refractivity contribution in [2.24, 2.45) is 5.73 Å². The number of primary amides is 1. The molecule has 14 heteroatoms. The molecular formula is C27H34N6O8. The quantitative estimate of drug-likeness (QED) is 0.353. The number of aliphatic carboxylic acids is 1. The highest BCUT2D eigenvalue weighted by Gasteiger charge is 2.46. The minimum Gasteiger partial charge on any atom is -0.481 e. The Bertz CT molecular complexity index is 1280. The lowest BCUT2D eigenvalue weighted by Crippen LogP contribution is -2.56. The minimum absolute atomic E-state index is 0.0944. The number of nitrogens with one attached hydrogen (secondary N) is 1. The number of hydrogen-bond donors (Lipinski definition) is 3. The number of hydrogen-bond acceptors (Lipinski definition) is 8. The van der Waals surface area contributed by atoms with Gasteiger partial charge in [0.25, 0.3) is 11.8 Å². The summed E-state index contributed by atoms with van der Waals surface area (Å²) < 4.78 is 12.4. The summed E-state index contributed by atoms with van der Waals surface area (Å²) in [5.41, 5.74) is 4.88. The van der Waals surface area contributed by atoms with E-state index in [1.165, 1.54) is 20.5 Å². The van der Waals surface area contributed by atoms with Gasteiger partial charge in [-0.15, -0.1) is 0 Å². The van der Waals surface area contributed by atoms with Crippen LogP contribution in [0.4, 0.5) is 4.79 Å². The first kappa shape index (κ1) is 29.4. The second-order valence-electron chi connectivity index (χ2n) is 9.90. The first-order chi connectivity index (χ1) is 19.6. The maximum Gasteiger partial charge on any atom is 0.409 e. The van der Waals surface area contributed by atoms with Crippen molar-refractivity contribution < 1.29 is 38.6 Å². The third-order valence-electron chi connectivity index (χ3n) is 7.19. The molecule has 2 fully saturated rings. The summed E-state index contributed by atoms with van der Waals surface area (Å²) >= 11 is 0. The standard InChI is InChI=1S/C27H34N6O8/c1-2-40-26(39)32-15-13-31(14-16-32)24(37)19(9-10-22(34)35)29-23(36)20-17-21(41-27(25(28)38)11-6-12-27)33(30-20)18-7-4-3-5-8-18/h3-5,7-8,17,19H,2,6,9-16H2,1H3,(H2,28,38)(H,29,36)(H,34,35). The Kier molecular flexibility index (Phi) is 9.10. The van der Waals surface area contributed by atoms with Crippen molar-refractivity contribution >= 4 is 29.8 Å². The normalized spacial score (nSPS) is 16.7. The van der Waals surface area contributed by atoms with E-state index in [2.05, 4.69) is 10.4 Å². The molecule has 1 aliphatic heterocycles. The number of nitrogens with zero attached hydrogens (tertiary/aromatic N) is 4. The van der Waals surface area contributed by atoms with Crippen molar-refractivity contribution in [3.05, 3.63) is 42.1 Å². The summed E-state index contributed by atoms with van der Waals surface area (Å²) in [5.74, 6) is -2.80. The molecule has 1 unspecified atom stereocenters. The molecule has 1 atom stereocenters. The number of amides is 4. The number of ether oxygens (including phenoxy) is 2. The number of carbonyl (C=O) groups is 5. The van der Waals surface area contributed by atoms with Gasteiger partial charge in [0, 0.05) is 38.7 Å². The van der Waals surface area contributed by atoms with Gasteiger partial charge in [0.15, 0.2) is 11.3 Å². The van der Waals surface area contributed by atoms with Crippen LogP contribution in [0.25, 0.3) is 5.69 Å². The number of carboxylic acids is 1. The second-order valence-corrected chi connectivity index (χ2v) is 9.90. The van der Waals surface area contributed by atoms with Gasteiger partial charge in [-0.05, 0) is 44.7 Å². The molecule has 4 rings (SSSR count). The predicted octanol–water partition coefficient (Wildman–Crippen LogP) is 0.923. The second kappa shape index (κ2) is 12.7. The Balaban J connectivity index is 1.53. The van der Waals surface area contributed by atoms with E-state index in [1.807, 2.05) is 6.07 Å². The van der Waals surface area contributed by atoms with Crippen LogP contribution in [0.5, 0.6) is 5.88 Å². The average molecular weight is 571 g/mol. The van der Waals surface area contributed by atoms with Gasteiger partial charge in [-0.25, -0.2) is 9.48 Å². The molecule has 4 N–H and O–H groups in total. The fourth-order valence-corrected chi connectivity index (χ4v) is 4.70. The SMILES string of the molecule is CCOC(=O)N1CCN(C(=O)C(CCC(=O)O)NC(=O)c2cc(OC3(C(N)=O)CCC3)n(-c3ccccc3)n2)CC1. The molecule has 2 aliphatic rings. The number of piperazine rings is 1. The average Bonchev–Trinajstić information content (AvgIpc) is 3.37. The van der Waals surface area contributed by atoms with Gasteiger partial charge >= 0.3 is 12.1 Å². The molecular weight excluding hydrogens is 536 g/mol. The van der Waals surface area contributed by atoms with Crippen LogP contribution in [0.15, 0.2) is 36.4 Å². The van der Waals surface area contributed by atoms with Crippen LogP contribution in [0.2, 0.25) is 0 Å². The van der Waals surface area contributed by atoms with E-state index in [0.29, 0.717) is 18.5 Å². The number of carbonyl (C=O) groups excluding carboxylic acids is 4. The van der Waals surface area contributed by atoms with Crippen LogP contribution in [-0.2, 0) is 19.1 Å². The Labute approximate surface area is 236 Å². The van der Waals surface area contributed by atoms with Gasteiger partial charge in [0.2, 0.25) is 11.8 Å². The summed E-state index contributed by atoms with van der Waals surface area (Å²) in [6.45, 7) is 2.83. The van der Waals surface area contributed by atoms with Gasteiger partial charge in [-0.1, -0.05) is 18.2 Å². The summed E-state index contributed by atoms with van der Waals surface area (Å²) in [5, 5.41) is 16.2. The molecule has 4 amide bonds. The van der Waals surface area contributed by atoms with Crippen molar-refractivity contribution in [3.8, 4) is 11.6 Å². The number of benzene rings is 1. The smallest absolute Gasteiger partial charge is 0.409 e. The molecule has 1 aromatic carbocycles. The highest BCUT2D eigenvalue weighted by Crippen LogP contribution is 2.37. The molecule has 0 bridgehead atoms. The first-order valence-corrected chi connectivity index (χ1v) is 13.5. The van der Waals surface area contributed by atoms with Crippen LogP contribution < -0.4 is 15.8 Å². The van der Waals surface area contributed by atoms with Crippen LogP contribution in [0, 0.1) is 0 Å².